The highest BCUT2D eigenvalue weighted by Crippen LogP contribution is 2.10. The van der Waals surface area contributed by atoms with Crippen LogP contribution in [0.2, 0.25) is 0 Å². The van der Waals surface area contributed by atoms with Gasteiger partial charge < -0.3 is 15.5 Å². The Labute approximate surface area is 94.5 Å². The van der Waals surface area contributed by atoms with Crippen molar-refractivity contribution in [3.8, 4) is 0 Å². The first kappa shape index (κ1) is 10.7. The second-order valence-corrected chi connectivity index (χ2v) is 3.67. The number of rotatable bonds is 4. The molecule has 0 aliphatic rings. The van der Waals surface area contributed by atoms with Crippen molar-refractivity contribution in [1.29, 1.82) is 0 Å². The maximum Gasteiger partial charge on any atom is 0.208 e. The van der Waals surface area contributed by atoms with Crippen molar-refractivity contribution >= 4 is 5.69 Å². The monoisotopic (exact) mass is 217 g/mol. The van der Waals surface area contributed by atoms with Crippen molar-refractivity contribution in [2.24, 2.45) is 0 Å². The van der Waals surface area contributed by atoms with E-state index >= 15 is 0 Å². The van der Waals surface area contributed by atoms with Crippen molar-refractivity contribution in [3.05, 3.63) is 47.7 Å². The number of anilines is 1. The van der Waals surface area contributed by atoms with Crippen LogP contribution in [0.5, 0.6) is 0 Å². The third kappa shape index (κ3) is 2.61. The molecule has 3 N–H and O–H groups in total. The molecule has 2 aromatic rings. The molecule has 1 aromatic carbocycles. The van der Waals surface area contributed by atoms with E-state index in [2.05, 4.69) is 10.3 Å². The van der Waals surface area contributed by atoms with Gasteiger partial charge in [-0.2, -0.15) is 0 Å². The Morgan fingerprint density at radius 2 is 2.12 bits per heavy atom. The minimum absolute atomic E-state index is 0.613. The van der Waals surface area contributed by atoms with Gasteiger partial charge >= 0.3 is 0 Å². The third-order valence-electron chi connectivity index (χ3n) is 2.32. The van der Waals surface area contributed by atoms with Crippen LogP contribution in [0.3, 0.4) is 0 Å². The van der Waals surface area contributed by atoms with E-state index in [-0.39, 0.29) is 0 Å². The molecule has 0 radical (unpaired) electrons. The molecule has 0 aliphatic carbocycles. The predicted octanol–water partition coefficient (Wildman–Crippen LogP) is 1.86. The van der Waals surface area contributed by atoms with E-state index in [1.165, 1.54) is 0 Å². The molecule has 0 bridgehead atoms. The zero-order chi connectivity index (χ0) is 11.4. The molecule has 0 saturated heterocycles. The van der Waals surface area contributed by atoms with Gasteiger partial charge in [0.1, 0.15) is 5.76 Å². The molecule has 0 unspecified atom stereocenters. The lowest BCUT2D eigenvalue weighted by Crippen LogP contribution is -2.13. The number of aromatic nitrogens is 1. The molecule has 1 heterocycles. The maximum absolute atomic E-state index is 5.83. The fourth-order valence-electron chi connectivity index (χ4n) is 1.48. The van der Waals surface area contributed by atoms with Gasteiger partial charge in [0.25, 0.3) is 0 Å². The minimum atomic E-state index is 0.613. The van der Waals surface area contributed by atoms with Crippen LogP contribution in [0.25, 0.3) is 0 Å². The molecule has 16 heavy (non-hydrogen) atoms. The van der Waals surface area contributed by atoms with Crippen molar-refractivity contribution < 1.29 is 4.42 Å². The lowest BCUT2D eigenvalue weighted by Gasteiger charge is -2.05. The summed E-state index contributed by atoms with van der Waals surface area (Å²) in [6, 6.07) is 7.80. The van der Waals surface area contributed by atoms with E-state index in [1.807, 2.05) is 31.2 Å². The van der Waals surface area contributed by atoms with Crippen molar-refractivity contribution in [1.82, 2.24) is 10.3 Å². The Morgan fingerprint density at radius 3 is 2.81 bits per heavy atom. The Hall–Kier alpha value is -1.81. The number of para-hydroxylation sites is 1. The number of oxazole rings is 1. The van der Waals surface area contributed by atoms with E-state index in [0.717, 1.165) is 17.0 Å². The Morgan fingerprint density at radius 1 is 1.31 bits per heavy atom. The zero-order valence-electron chi connectivity index (χ0n) is 9.23. The van der Waals surface area contributed by atoms with Gasteiger partial charge in [-0.15, -0.1) is 0 Å². The van der Waals surface area contributed by atoms with Crippen LogP contribution in [0.15, 0.2) is 34.9 Å². The highest BCUT2D eigenvalue weighted by Gasteiger charge is 2.01. The summed E-state index contributed by atoms with van der Waals surface area (Å²) in [4.78, 5) is 4.11. The third-order valence-corrected chi connectivity index (χ3v) is 2.32. The van der Waals surface area contributed by atoms with Gasteiger partial charge in [-0.1, -0.05) is 18.2 Å². The SMILES string of the molecule is Cc1cnc(CNCc2ccccc2N)o1. The van der Waals surface area contributed by atoms with Crippen LogP contribution in [-0.4, -0.2) is 4.98 Å². The normalized spacial score (nSPS) is 10.6. The van der Waals surface area contributed by atoms with Gasteiger partial charge in [-0.05, 0) is 18.6 Å². The van der Waals surface area contributed by atoms with Gasteiger partial charge in [-0.3, -0.25) is 0 Å². The average molecular weight is 217 g/mol. The number of nitrogens with zero attached hydrogens (tertiary/aromatic N) is 1. The molecular weight excluding hydrogens is 202 g/mol. The summed E-state index contributed by atoms with van der Waals surface area (Å²) in [5, 5.41) is 3.24. The molecule has 2 rings (SSSR count). The van der Waals surface area contributed by atoms with E-state index in [4.69, 9.17) is 10.2 Å². The fraction of sp³-hybridized carbons (Fsp3) is 0.250. The van der Waals surface area contributed by atoms with Crippen molar-refractivity contribution in [2.75, 3.05) is 5.73 Å². The molecule has 0 aliphatic heterocycles. The highest BCUT2D eigenvalue weighted by atomic mass is 16.4. The maximum atomic E-state index is 5.83. The van der Waals surface area contributed by atoms with Gasteiger partial charge in [-0.25, -0.2) is 4.98 Å². The molecule has 0 fully saturated rings. The molecule has 84 valence electrons. The molecule has 0 saturated carbocycles. The molecule has 1 aromatic heterocycles. The predicted molar refractivity (Wildman–Crippen MR) is 62.6 cm³/mol. The van der Waals surface area contributed by atoms with Crippen LogP contribution in [0, 0.1) is 6.92 Å². The summed E-state index contributed by atoms with van der Waals surface area (Å²) in [6.45, 7) is 3.21. The molecule has 4 heteroatoms. The van der Waals surface area contributed by atoms with E-state index in [0.29, 0.717) is 19.0 Å². The number of nitrogens with one attached hydrogen (secondary N) is 1. The first-order chi connectivity index (χ1) is 7.75. The number of aryl methyl sites for hydroxylation is 1. The second-order valence-electron chi connectivity index (χ2n) is 3.67. The van der Waals surface area contributed by atoms with Crippen LogP contribution in [-0.2, 0) is 13.1 Å². The van der Waals surface area contributed by atoms with E-state index in [1.54, 1.807) is 6.20 Å². The van der Waals surface area contributed by atoms with Gasteiger partial charge in [0, 0.05) is 12.2 Å². The first-order valence-corrected chi connectivity index (χ1v) is 5.21. The molecular formula is C12H15N3O. The first-order valence-electron chi connectivity index (χ1n) is 5.21. The smallest absolute Gasteiger partial charge is 0.208 e. The Balaban J connectivity index is 1.87. The molecule has 0 atom stereocenters. The number of nitrogen functional groups attached to an aromatic ring is 1. The standard InChI is InChI=1S/C12H15N3O/c1-9-6-15-12(16-9)8-14-7-10-4-2-3-5-11(10)13/h2-6,14H,7-8,13H2,1H3. The summed E-state index contributed by atoms with van der Waals surface area (Å²) in [6.07, 6.45) is 1.72. The molecule has 4 nitrogen and oxygen atoms in total. The van der Waals surface area contributed by atoms with Crippen LogP contribution < -0.4 is 11.1 Å². The quantitative estimate of drug-likeness (QED) is 0.767. The fourth-order valence-corrected chi connectivity index (χ4v) is 1.48. The number of nitrogens with two attached hydrogens (primary N) is 1. The number of benzene rings is 1. The summed E-state index contributed by atoms with van der Waals surface area (Å²) < 4.78 is 5.35. The summed E-state index contributed by atoms with van der Waals surface area (Å²) in [7, 11) is 0. The highest BCUT2D eigenvalue weighted by molar-refractivity contribution is 5.46. The lowest BCUT2D eigenvalue weighted by molar-refractivity contribution is 0.449. The van der Waals surface area contributed by atoms with Gasteiger partial charge in [0.05, 0.1) is 12.7 Å². The van der Waals surface area contributed by atoms with E-state index < -0.39 is 0 Å². The van der Waals surface area contributed by atoms with Crippen LogP contribution in [0.4, 0.5) is 5.69 Å². The second kappa shape index (κ2) is 4.81. The van der Waals surface area contributed by atoms with Crippen molar-refractivity contribution in [3.63, 3.8) is 0 Å². The van der Waals surface area contributed by atoms with Gasteiger partial charge in [0.2, 0.25) is 5.89 Å². The Bertz CT molecular complexity index is 465. The summed E-state index contributed by atoms with van der Waals surface area (Å²) >= 11 is 0. The van der Waals surface area contributed by atoms with Crippen LogP contribution >= 0.6 is 0 Å². The summed E-state index contributed by atoms with van der Waals surface area (Å²) in [5.74, 6) is 1.53. The molecule has 0 amide bonds. The zero-order valence-corrected chi connectivity index (χ0v) is 9.23. The van der Waals surface area contributed by atoms with Crippen molar-refractivity contribution in [2.45, 2.75) is 20.0 Å². The minimum Gasteiger partial charge on any atom is -0.445 e. The number of hydrogen-bond donors (Lipinski definition) is 2. The number of hydrogen-bond acceptors (Lipinski definition) is 4. The van der Waals surface area contributed by atoms with Crippen LogP contribution in [0.1, 0.15) is 17.2 Å². The van der Waals surface area contributed by atoms with Gasteiger partial charge in [0.15, 0.2) is 0 Å². The van der Waals surface area contributed by atoms with E-state index in [9.17, 15) is 0 Å². The average Bonchev–Trinajstić information content (AvgIpc) is 2.67. The topological polar surface area (TPSA) is 64.1 Å². The molecule has 0 spiro atoms. The largest absolute Gasteiger partial charge is 0.445 e. The summed E-state index contributed by atoms with van der Waals surface area (Å²) in [5.41, 5.74) is 7.72. The Kier molecular flexibility index (Phi) is 3.22. The lowest BCUT2D eigenvalue weighted by atomic mass is 10.2.